The molecule has 2 fully saturated rings. The van der Waals surface area contributed by atoms with Gasteiger partial charge in [0.25, 0.3) is 0 Å². The van der Waals surface area contributed by atoms with E-state index in [1.165, 1.54) is 5.69 Å². The molecule has 2 aromatic heterocycles. The fourth-order valence-corrected chi connectivity index (χ4v) is 4.88. The van der Waals surface area contributed by atoms with Crippen molar-refractivity contribution < 1.29 is 4.74 Å². The maximum absolute atomic E-state index is 6.14. The Labute approximate surface area is 186 Å². The first-order valence-electron chi connectivity index (χ1n) is 10.2. The van der Waals surface area contributed by atoms with Gasteiger partial charge in [-0.2, -0.15) is 0 Å². The van der Waals surface area contributed by atoms with Crippen molar-refractivity contribution in [1.29, 1.82) is 0 Å². The number of benzene rings is 1. The third kappa shape index (κ3) is 3.71. The molecule has 0 radical (unpaired) electrons. The van der Waals surface area contributed by atoms with Crippen molar-refractivity contribution in [3.8, 4) is 0 Å². The lowest BCUT2D eigenvalue weighted by atomic mass is 10.0. The average Bonchev–Trinajstić information content (AvgIpc) is 3.50. The van der Waals surface area contributed by atoms with E-state index in [9.17, 15) is 0 Å². The molecule has 0 spiro atoms. The van der Waals surface area contributed by atoms with E-state index in [0.717, 1.165) is 37.4 Å². The molecule has 5 rings (SSSR count). The quantitative estimate of drug-likeness (QED) is 0.574. The zero-order valence-electron chi connectivity index (χ0n) is 16.4. The van der Waals surface area contributed by atoms with Crippen LogP contribution in [0.4, 0.5) is 5.69 Å². The number of pyridine rings is 1. The summed E-state index contributed by atoms with van der Waals surface area (Å²) < 4.78 is 8.20. The van der Waals surface area contributed by atoms with E-state index in [0.29, 0.717) is 10.1 Å². The van der Waals surface area contributed by atoms with Gasteiger partial charge >= 0.3 is 0 Å². The van der Waals surface area contributed by atoms with E-state index < -0.39 is 0 Å². The number of thiocarbonyl (C=S) groups is 1. The largest absolute Gasteiger partial charge is 0.376 e. The Hall–Kier alpha value is -2.41. The molecule has 0 saturated carbocycles. The highest BCUT2D eigenvalue weighted by molar-refractivity contribution is 7.80. The molecule has 1 aromatic carbocycles. The molecule has 2 aliphatic heterocycles. The van der Waals surface area contributed by atoms with Gasteiger partial charge in [-0.1, -0.05) is 17.7 Å². The fourth-order valence-electron chi connectivity index (χ4n) is 4.40. The van der Waals surface area contributed by atoms with Crippen LogP contribution in [0.5, 0.6) is 0 Å². The molecule has 0 bridgehead atoms. The number of anilines is 1. The van der Waals surface area contributed by atoms with Gasteiger partial charge in [0.05, 0.1) is 17.8 Å². The number of halogens is 1. The minimum absolute atomic E-state index is 0.0371. The first-order chi connectivity index (χ1) is 14.7. The van der Waals surface area contributed by atoms with Gasteiger partial charge in [-0.15, -0.1) is 0 Å². The van der Waals surface area contributed by atoms with Crippen molar-refractivity contribution in [2.24, 2.45) is 0 Å². The first-order valence-corrected chi connectivity index (χ1v) is 11.0. The molecule has 2 aliphatic rings. The van der Waals surface area contributed by atoms with Crippen molar-refractivity contribution >= 4 is 34.6 Å². The average molecular weight is 439 g/mol. The Balaban J connectivity index is 1.57. The van der Waals surface area contributed by atoms with Crippen LogP contribution in [0.2, 0.25) is 5.02 Å². The van der Waals surface area contributed by atoms with Gasteiger partial charge in [0.2, 0.25) is 0 Å². The number of ether oxygens (including phenoxy) is 1. The van der Waals surface area contributed by atoms with Crippen LogP contribution in [-0.4, -0.2) is 27.4 Å². The number of rotatable bonds is 5. The van der Waals surface area contributed by atoms with Crippen LogP contribution in [-0.2, 0) is 11.3 Å². The number of hydrogen-bond acceptors (Lipinski definition) is 3. The van der Waals surface area contributed by atoms with Gasteiger partial charge in [0.15, 0.2) is 5.11 Å². The predicted molar refractivity (Wildman–Crippen MR) is 123 cm³/mol. The molecule has 3 aromatic rings. The van der Waals surface area contributed by atoms with Crippen LogP contribution in [0.15, 0.2) is 67.0 Å². The van der Waals surface area contributed by atoms with Crippen LogP contribution in [0.1, 0.15) is 36.3 Å². The molecule has 0 amide bonds. The topological polar surface area (TPSA) is 42.3 Å². The molecule has 5 nitrogen and oxygen atoms in total. The van der Waals surface area contributed by atoms with Gasteiger partial charge in [-0.3, -0.25) is 4.98 Å². The second-order valence-electron chi connectivity index (χ2n) is 7.69. The van der Waals surface area contributed by atoms with E-state index in [1.807, 2.05) is 48.7 Å². The molecule has 0 unspecified atom stereocenters. The van der Waals surface area contributed by atoms with Gasteiger partial charge in [-0.05, 0) is 73.6 Å². The summed E-state index contributed by atoms with van der Waals surface area (Å²) in [4.78, 5) is 6.80. The van der Waals surface area contributed by atoms with Gasteiger partial charge in [0.1, 0.15) is 6.04 Å². The summed E-state index contributed by atoms with van der Waals surface area (Å²) in [7, 11) is 0. The first kappa shape index (κ1) is 19.5. The van der Waals surface area contributed by atoms with Crippen molar-refractivity contribution in [1.82, 2.24) is 14.9 Å². The summed E-state index contributed by atoms with van der Waals surface area (Å²) in [5, 5.41) is 4.90. The second kappa shape index (κ2) is 8.38. The molecule has 4 heterocycles. The summed E-state index contributed by atoms with van der Waals surface area (Å²) in [6, 6.07) is 18.0. The Morgan fingerprint density at radius 1 is 1.13 bits per heavy atom. The summed E-state index contributed by atoms with van der Waals surface area (Å²) in [6.07, 6.45) is 6.45. The summed E-state index contributed by atoms with van der Waals surface area (Å²) in [5.74, 6) is 0. The third-order valence-electron chi connectivity index (χ3n) is 5.79. The van der Waals surface area contributed by atoms with E-state index in [4.69, 9.17) is 28.6 Å². The van der Waals surface area contributed by atoms with E-state index in [2.05, 4.69) is 38.1 Å². The van der Waals surface area contributed by atoms with Crippen LogP contribution >= 0.6 is 23.8 Å². The van der Waals surface area contributed by atoms with Gasteiger partial charge in [0, 0.05) is 41.9 Å². The predicted octanol–water partition coefficient (Wildman–Crippen LogP) is 4.89. The van der Waals surface area contributed by atoms with Crippen LogP contribution in [0.3, 0.4) is 0 Å². The van der Waals surface area contributed by atoms with Crippen LogP contribution in [0.25, 0.3) is 0 Å². The maximum Gasteiger partial charge on any atom is 0.174 e. The Bertz CT molecular complexity index is 1020. The minimum atomic E-state index is -0.0625. The standard InChI is InChI=1S/C23H23ClN4OS/c24-16-8-10-17(11-9-16)28-22(21(26-23(28)30)19-6-1-2-12-25-19)20-7-3-13-27(20)15-18-5-4-14-29-18/h1-3,6-13,18,21-22H,4-5,14-15H2,(H,26,30)/t18-,21-,22+/m1/s1. The fraction of sp³-hybridized carbons (Fsp3) is 0.304. The molecule has 3 atom stereocenters. The summed E-state index contributed by atoms with van der Waals surface area (Å²) in [5.41, 5.74) is 3.15. The van der Waals surface area contributed by atoms with Crippen molar-refractivity contribution in [2.45, 2.75) is 37.6 Å². The maximum atomic E-state index is 6.14. The molecular formula is C23H23ClN4OS. The smallest absolute Gasteiger partial charge is 0.174 e. The van der Waals surface area contributed by atoms with Gasteiger partial charge in [-0.25, -0.2) is 0 Å². The monoisotopic (exact) mass is 438 g/mol. The van der Waals surface area contributed by atoms with Crippen molar-refractivity contribution in [3.05, 3.63) is 83.4 Å². The Kier molecular flexibility index (Phi) is 5.46. The van der Waals surface area contributed by atoms with E-state index in [1.54, 1.807) is 0 Å². The van der Waals surface area contributed by atoms with E-state index >= 15 is 0 Å². The number of aromatic nitrogens is 2. The van der Waals surface area contributed by atoms with Crippen molar-refractivity contribution in [2.75, 3.05) is 11.5 Å². The highest BCUT2D eigenvalue weighted by atomic mass is 35.5. The minimum Gasteiger partial charge on any atom is -0.376 e. The number of nitrogens with one attached hydrogen (secondary N) is 1. The number of nitrogens with zero attached hydrogens (tertiary/aromatic N) is 3. The lowest BCUT2D eigenvalue weighted by Crippen LogP contribution is -2.31. The molecule has 7 heteroatoms. The molecule has 0 aliphatic carbocycles. The molecule has 30 heavy (non-hydrogen) atoms. The molecule has 1 N–H and O–H groups in total. The molecule has 2 saturated heterocycles. The van der Waals surface area contributed by atoms with Crippen LogP contribution < -0.4 is 10.2 Å². The normalized spacial score (nSPS) is 23.7. The van der Waals surface area contributed by atoms with Crippen molar-refractivity contribution in [3.63, 3.8) is 0 Å². The van der Waals surface area contributed by atoms with Gasteiger partial charge < -0.3 is 19.5 Å². The zero-order valence-corrected chi connectivity index (χ0v) is 18.0. The highest BCUT2D eigenvalue weighted by Crippen LogP contribution is 2.42. The zero-order chi connectivity index (χ0) is 20.5. The summed E-state index contributed by atoms with van der Waals surface area (Å²) in [6.45, 7) is 1.69. The Morgan fingerprint density at radius 3 is 2.73 bits per heavy atom. The summed E-state index contributed by atoms with van der Waals surface area (Å²) >= 11 is 11.9. The lowest BCUT2D eigenvalue weighted by Gasteiger charge is -2.29. The molecular weight excluding hydrogens is 416 g/mol. The van der Waals surface area contributed by atoms with E-state index in [-0.39, 0.29) is 18.2 Å². The second-order valence-corrected chi connectivity index (χ2v) is 8.52. The van der Waals surface area contributed by atoms with Crippen LogP contribution in [0, 0.1) is 0 Å². The third-order valence-corrected chi connectivity index (χ3v) is 6.36. The Morgan fingerprint density at radius 2 is 2.00 bits per heavy atom. The molecule has 154 valence electrons. The lowest BCUT2D eigenvalue weighted by molar-refractivity contribution is 0.0961. The number of hydrogen-bond donors (Lipinski definition) is 1. The highest BCUT2D eigenvalue weighted by Gasteiger charge is 2.42. The SMILES string of the molecule is S=C1N[C@H](c2ccccn2)[C@H](c2cccn2C[C@H]2CCCO2)N1c1ccc(Cl)cc1.